The largest absolute Gasteiger partial charge is 0.486 e. The fourth-order valence-electron chi connectivity index (χ4n) is 2.70. The van der Waals surface area contributed by atoms with Crippen LogP contribution in [0.3, 0.4) is 0 Å². The lowest BCUT2D eigenvalue weighted by Gasteiger charge is -2.04. The fraction of sp³-hybridized carbons (Fsp3) is 0.105. The second kappa shape index (κ2) is 7.49. The van der Waals surface area contributed by atoms with Crippen LogP contribution >= 0.6 is 22.9 Å². The maximum absolute atomic E-state index is 12.6. The summed E-state index contributed by atoms with van der Waals surface area (Å²) in [6.45, 7) is 2.04. The number of ether oxygens (including phenoxy) is 1. The molecule has 0 unspecified atom stereocenters. The molecular weight excluding hydrogens is 400 g/mol. The molecule has 2 aromatic carbocycles. The Morgan fingerprint density at radius 3 is 2.71 bits per heavy atom. The summed E-state index contributed by atoms with van der Waals surface area (Å²) in [5.74, 6) is 0.419. The number of rotatable bonds is 5. The van der Waals surface area contributed by atoms with Crippen LogP contribution in [0.4, 0.5) is 5.69 Å². The summed E-state index contributed by atoms with van der Waals surface area (Å²) in [4.78, 5) is 34.2. The summed E-state index contributed by atoms with van der Waals surface area (Å²) in [7, 11) is 0. The van der Waals surface area contributed by atoms with E-state index in [9.17, 15) is 9.59 Å². The zero-order chi connectivity index (χ0) is 19.7. The van der Waals surface area contributed by atoms with Crippen molar-refractivity contribution in [1.29, 1.82) is 0 Å². The van der Waals surface area contributed by atoms with Gasteiger partial charge in [0.1, 0.15) is 22.2 Å². The molecule has 0 aliphatic carbocycles. The maximum Gasteiger partial charge on any atom is 0.323 e. The third-order valence-electron chi connectivity index (χ3n) is 4.00. The number of hydrogen-bond acceptors (Lipinski definition) is 5. The zero-order valence-electron chi connectivity index (χ0n) is 14.7. The maximum atomic E-state index is 12.6. The van der Waals surface area contributed by atoms with Gasteiger partial charge in [-0.3, -0.25) is 4.79 Å². The van der Waals surface area contributed by atoms with E-state index < -0.39 is 0 Å². The fourth-order valence-corrected chi connectivity index (χ4v) is 3.70. The summed E-state index contributed by atoms with van der Waals surface area (Å²) in [5, 5.41) is 4.17. The van der Waals surface area contributed by atoms with Crippen molar-refractivity contribution in [2.45, 2.75) is 13.5 Å². The monoisotopic (exact) mass is 414 g/mol. The number of anilines is 1. The van der Waals surface area contributed by atoms with E-state index in [-0.39, 0.29) is 18.2 Å². The molecule has 0 atom stereocenters. The van der Waals surface area contributed by atoms with E-state index in [1.807, 2.05) is 0 Å². The molecule has 4 aromatic rings. The molecule has 0 saturated carbocycles. The first kappa shape index (κ1) is 18.3. The normalized spacial score (nSPS) is 10.9. The number of aromatic amines is 2. The summed E-state index contributed by atoms with van der Waals surface area (Å²) >= 11 is 7.14. The number of aromatic nitrogens is 3. The van der Waals surface area contributed by atoms with Crippen molar-refractivity contribution >= 4 is 45.6 Å². The number of benzene rings is 2. The van der Waals surface area contributed by atoms with Crippen molar-refractivity contribution in [3.63, 3.8) is 0 Å². The zero-order valence-corrected chi connectivity index (χ0v) is 16.3. The molecule has 0 fully saturated rings. The van der Waals surface area contributed by atoms with Crippen LogP contribution in [0.25, 0.3) is 11.0 Å². The summed E-state index contributed by atoms with van der Waals surface area (Å²) in [6.07, 6.45) is 0. The van der Waals surface area contributed by atoms with Crippen molar-refractivity contribution in [2.24, 2.45) is 0 Å². The van der Waals surface area contributed by atoms with Crippen LogP contribution in [0.5, 0.6) is 5.75 Å². The van der Waals surface area contributed by atoms with Crippen LogP contribution in [-0.4, -0.2) is 20.9 Å². The molecule has 0 bridgehead atoms. The first-order chi connectivity index (χ1) is 13.5. The lowest BCUT2D eigenvalue weighted by Crippen LogP contribution is -2.11. The van der Waals surface area contributed by atoms with Crippen LogP contribution in [0.2, 0.25) is 5.02 Å². The number of fused-ring (bicyclic) bond motifs is 1. The second-order valence-electron chi connectivity index (χ2n) is 6.06. The lowest BCUT2D eigenvalue weighted by atomic mass is 10.2. The summed E-state index contributed by atoms with van der Waals surface area (Å²) in [6, 6.07) is 12.2. The smallest absolute Gasteiger partial charge is 0.323 e. The van der Waals surface area contributed by atoms with Gasteiger partial charge in [0.2, 0.25) is 0 Å². The summed E-state index contributed by atoms with van der Waals surface area (Å²) in [5.41, 5.74) is 2.23. The van der Waals surface area contributed by atoms with Crippen molar-refractivity contribution in [2.75, 3.05) is 5.32 Å². The molecule has 2 heterocycles. The molecule has 28 heavy (non-hydrogen) atoms. The lowest BCUT2D eigenvalue weighted by molar-refractivity contribution is 0.103. The summed E-state index contributed by atoms with van der Waals surface area (Å²) < 4.78 is 5.68. The highest BCUT2D eigenvalue weighted by molar-refractivity contribution is 7.13. The highest BCUT2D eigenvalue weighted by Crippen LogP contribution is 2.23. The predicted molar refractivity (Wildman–Crippen MR) is 110 cm³/mol. The predicted octanol–water partition coefficient (Wildman–Crippen LogP) is 4.11. The number of aryl methyl sites for hydroxylation is 1. The molecule has 7 nitrogen and oxygen atoms in total. The minimum Gasteiger partial charge on any atom is -0.486 e. The van der Waals surface area contributed by atoms with Gasteiger partial charge in [0, 0.05) is 10.7 Å². The van der Waals surface area contributed by atoms with E-state index in [1.165, 1.54) is 11.3 Å². The van der Waals surface area contributed by atoms with Crippen LogP contribution in [-0.2, 0) is 6.61 Å². The van der Waals surface area contributed by atoms with Crippen molar-refractivity contribution < 1.29 is 9.53 Å². The molecular formula is C19H15ClN4O3S. The van der Waals surface area contributed by atoms with Gasteiger partial charge >= 0.3 is 5.69 Å². The van der Waals surface area contributed by atoms with Crippen molar-refractivity contribution in [3.05, 3.63) is 73.6 Å². The first-order valence-electron chi connectivity index (χ1n) is 8.36. The van der Waals surface area contributed by atoms with E-state index in [0.29, 0.717) is 43.1 Å². The Morgan fingerprint density at radius 2 is 1.93 bits per heavy atom. The number of nitrogens with zero attached hydrogens (tertiary/aromatic N) is 1. The molecule has 9 heteroatoms. The highest BCUT2D eigenvalue weighted by atomic mass is 35.5. The number of nitrogens with one attached hydrogen (secondary N) is 3. The number of H-pyrrole nitrogens is 2. The Morgan fingerprint density at radius 1 is 1.18 bits per heavy atom. The molecule has 142 valence electrons. The van der Waals surface area contributed by atoms with E-state index in [4.69, 9.17) is 16.3 Å². The average molecular weight is 415 g/mol. The van der Waals surface area contributed by atoms with Gasteiger partial charge in [-0.05, 0) is 49.4 Å². The van der Waals surface area contributed by atoms with Gasteiger partial charge in [0.15, 0.2) is 0 Å². The topological polar surface area (TPSA) is 99.9 Å². The molecule has 1 amide bonds. The average Bonchev–Trinajstić information content (AvgIpc) is 3.22. The van der Waals surface area contributed by atoms with Gasteiger partial charge in [0.05, 0.1) is 16.7 Å². The minimum atomic E-state index is -0.290. The van der Waals surface area contributed by atoms with Crippen molar-refractivity contribution in [3.8, 4) is 5.75 Å². The van der Waals surface area contributed by atoms with Crippen LogP contribution in [0.1, 0.15) is 20.4 Å². The van der Waals surface area contributed by atoms with Gasteiger partial charge in [-0.1, -0.05) is 11.6 Å². The standard InChI is InChI=1S/C19H15ClN4O3S/c1-10-17(28-16(21-10)9-27-13-5-2-11(20)3-6-13)18(25)22-12-4-7-14-15(8-12)24-19(26)23-14/h2-8H,9H2,1H3,(H,22,25)(H2,23,24,26). The molecule has 0 aliphatic rings. The Bertz CT molecular complexity index is 1210. The van der Waals surface area contributed by atoms with Gasteiger partial charge in [-0.25, -0.2) is 9.78 Å². The SMILES string of the molecule is Cc1nc(COc2ccc(Cl)cc2)sc1C(=O)Nc1ccc2[nH]c(=O)[nH]c2c1. The molecule has 2 aromatic heterocycles. The van der Waals surface area contributed by atoms with Gasteiger partial charge < -0.3 is 20.0 Å². The van der Waals surface area contributed by atoms with E-state index in [0.717, 1.165) is 0 Å². The van der Waals surface area contributed by atoms with Gasteiger partial charge in [-0.15, -0.1) is 11.3 Å². The third kappa shape index (κ3) is 3.92. The van der Waals surface area contributed by atoms with E-state index in [2.05, 4.69) is 20.3 Å². The molecule has 0 radical (unpaired) electrons. The number of carbonyl (C=O) groups excluding carboxylic acids is 1. The Hall–Kier alpha value is -3.10. The second-order valence-corrected chi connectivity index (χ2v) is 7.58. The van der Waals surface area contributed by atoms with E-state index in [1.54, 1.807) is 49.4 Å². The number of thiazole rings is 1. The van der Waals surface area contributed by atoms with E-state index >= 15 is 0 Å². The third-order valence-corrected chi connectivity index (χ3v) is 5.38. The Balaban J connectivity index is 1.46. The minimum absolute atomic E-state index is 0.259. The number of hydrogen-bond donors (Lipinski definition) is 3. The van der Waals surface area contributed by atoms with Crippen LogP contribution in [0, 0.1) is 6.92 Å². The quantitative estimate of drug-likeness (QED) is 0.457. The van der Waals surface area contributed by atoms with Gasteiger partial charge in [-0.2, -0.15) is 0 Å². The van der Waals surface area contributed by atoms with Crippen molar-refractivity contribution in [1.82, 2.24) is 15.0 Å². The number of amides is 1. The Labute approximate surface area is 168 Å². The van der Waals surface area contributed by atoms with Crippen LogP contribution in [0.15, 0.2) is 47.3 Å². The number of carbonyl (C=O) groups is 1. The highest BCUT2D eigenvalue weighted by Gasteiger charge is 2.16. The van der Waals surface area contributed by atoms with Crippen LogP contribution < -0.4 is 15.7 Å². The number of imidazole rings is 1. The molecule has 3 N–H and O–H groups in total. The first-order valence-corrected chi connectivity index (χ1v) is 9.55. The Kier molecular flexibility index (Phi) is 4.89. The molecule has 4 rings (SSSR count). The van der Waals surface area contributed by atoms with Gasteiger partial charge in [0.25, 0.3) is 5.91 Å². The number of halogens is 1. The molecule has 0 aliphatic heterocycles. The molecule has 0 spiro atoms. The molecule has 0 saturated heterocycles.